The summed E-state index contributed by atoms with van der Waals surface area (Å²) in [6.07, 6.45) is 1.61. The van der Waals surface area contributed by atoms with Crippen LogP contribution in [0, 0.1) is 0 Å². The maximum atomic E-state index is 12.7. The Hall–Kier alpha value is -4.34. The van der Waals surface area contributed by atoms with Crippen molar-refractivity contribution in [3.8, 4) is 5.75 Å². The third kappa shape index (κ3) is 6.76. The van der Waals surface area contributed by atoms with Crippen molar-refractivity contribution in [1.82, 2.24) is 0 Å². The van der Waals surface area contributed by atoms with Crippen LogP contribution >= 0.6 is 23.4 Å². The third-order valence-electron chi connectivity index (χ3n) is 5.44. The first-order valence-electron chi connectivity index (χ1n) is 11.7. The molecule has 10 heteroatoms. The molecule has 1 heterocycles. The van der Waals surface area contributed by atoms with Gasteiger partial charge in [-0.1, -0.05) is 59.8 Å². The van der Waals surface area contributed by atoms with E-state index in [1.54, 1.807) is 73.7 Å². The van der Waals surface area contributed by atoms with Gasteiger partial charge < -0.3 is 19.7 Å². The number of carbonyl (C=O) groups is 3. The molecule has 0 aromatic heterocycles. The van der Waals surface area contributed by atoms with Crippen LogP contribution in [0.4, 0.5) is 0 Å². The molecule has 0 unspecified atom stereocenters. The number of amides is 1. The van der Waals surface area contributed by atoms with Crippen molar-refractivity contribution >= 4 is 52.3 Å². The highest BCUT2D eigenvalue weighted by Crippen LogP contribution is 2.40. The van der Waals surface area contributed by atoms with Gasteiger partial charge in [0.15, 0.2) is 0 Å². The SMILES string of the molecule is CCOC(=O)C1=C(O)/C(=C/c2ccc(OCc3ccc(C(=O)O)cc3)c(Cl)c2)SC1=NC(=O)c1ccccc1. The molecule has 1 aliphatic rings. The molecule has 0 saturated heterocycles. The third-order valence-corrected chi connectivity index (χ3v) is 6.76. The molecule has 0 radical (unpaired) electrons. The largest absolute Gasteiger partial charge is 0.506 e. The number of nitrogens with zero attached hydrogens (tertiary/aromatic N) is 1. The maximum Gasteiger partial charge on any atom is 0.344 e. The Morgan fingerprint density at radius 2 is 1.72 bits per heavy atom. The summed E-state index contributed by atoms with van der Waals surface area (Å²) < 4.78 is 10.8. The van der Waals surface area contributed by atoms with Gasteiger partial charge in [0.2, 0.25) is 0 Å². The van der Waals surface area contributed by atoms with Crippen molar-refractivity contribution in [1.29, 1.82) is 0 Å². The average molecular weight is 564 g/mol. The first-order chi connectivity index (χ1) is 18.8. The number of aliphatic imine (C=N–C) groups is 1. The zero-order valence-corrected chi connectivity index (χ0v) is 22.2. The molecule has 0 aliphatic carbocycles. The lowest BCUT2D eigenvalue weighted by Gasteiger charge is -2.09. The molecule has 0 fully saturated rings. The van der Waals surface area contributed by atoms with Gasteiger partial charge in [-0.15, -0.1) is 0 Å². The molecule has 0 saturated carbocycles. The number of aliphatic hydroxyl groups excluding tert-OH is 1. The molecule has 0 atom stereocenters. The van der Waals surface area contributed by atoms with Gasteiger partial charge in [-0.3, -0.25) is 4.79 Å². The Labute approximate surface area is 233 Å². The Bertz CT molecular complexity index is 1510. The Morgan fingerprint density at radius 1 is 1.00 bits per heavy atom. The minimum Gasteiger partial charge on any atom is -0.506 e. The molecule has 8 nitrogen and oxygen atoms in total. The summed E-state index contributed by atoms with van der Waals surface area (Å²) in [5.74, 6) is -2.30. The van der Waals surface area contributed by atoms with Crippen molar-refractivity contribution in [2.75, 3.05) is 6.61 Å². The van der Waals surface area contributed by atoms with Gasteiger partial charge in [0.25, 0.3) is 5.91 Å². The molecule has 0 bridgehead atoms. The van der Waals surface area contributed by atoms with Gasteiger partial charge in [0.05, 0.1) is 22.1 Å². The fourth-order valence-electron chi connectivity index (χ4n) is 3.51. The fourth-order valence-corrected chi connectivity index (χ4v) is 4.77. The fraction of sp³-hybridized carbons (Fsp3) is 0.103. The van der Waals surface area contributed by atoms with E-state index in [-0.39, 0.29) is 35.2 Å². The number of hydrogen-bond donors (Lipinski definition) is 2. The average Bonchev–Trinajstić information content (AvgIpc) is 3.23. The Morgan fingerprint density at radius 3 is 2.36 bits per heavy atom. The molecule has 39 heavy (non-hydrogen) atoms. The number of thioether (sulfide) groups is 1. The van der Waals surface area contributed by atoms with Crippen LogP contribution in [0.25, 0.3) is 6.08 Å². The summed E-state index contributed by atoms with van der Waals surface area (Å²) in [5.41, 5.74) is 1.71. The van der Waals surface area contributed by atoms with Gasteiger partial charge in [-0.2, -0.15) is 0 Å². The number of esters is 1. The van der Waals surface area contributed by atoms with E-state index in [1.807, 2.05) is 0 Å². The lowest BCUT2D eigenvalue weighted by Crippen LogP contribution is -2.14. The summed E-state index contributed by atoms with van der Waals surface area (Å²) in [4.78, 5) is 40.6. The van der Waals surface area contributed by atoms with Crippen molar-refractivity contribution in [3.63, 3.8) is 0 Å². The van der Waals surface area contributed by atoms with Crippen LogP contribution in [0.15, 0.2) is 94.0 Å². The van der Waals surface area contributed by atoms with E-state index in [0.29, 0.717) is 26.8 Å². The zero-order chi connectivity index (χ0) is 27.9. The number of aromatic carboxylic acids is 1. The van der Waals surface area contributed by atoms with E-state index in [0.717, 1.165) is 17.3 Å². The number of aliphatic hydroxyl groups is 1. The predicted octanol–water partition coefficient (Wildman–Crippen LogP) is 6.32. The van der Waals surface area contributed by atoms with Crippen LogP contribution in [-0.2, 0) is 16.1 Å². The standard InChI is InChI=1S/C29H22ClNO7S/c1-2-37-29(36)24-25(32)23(39-27(24)31-26(33)19-6-4-3-5-7-19)15-18-10-13-22(21(30)14-18)38-16-17-8-11-20(12-9-17)28(34)35/h3-15,32H,2,16H2,1H3,(H,34,35)/b23-15-,31-27?. The summed E-state index contributed by atoms with van der Waals surface area (Å²) in [7, 11) is 0. The van der Waals surface area contributed by atoms with Crippen LogP contribution in [0.3, 0.4) is 0 Å². The van der Waals surface area contributed by atoms with Crippen LogP contribution in [0.5, 0.6) is 5.75 Å². The Kier molecular flexibility index (Phi) is 8.85. The summed E-state index contributed by atoms with van der Waals surface area (Å²) >= 11 is 7.38. The topological polar surface area (TPSA) is 122 Å². The molecular formula is C29H22ClNO7S. The normalized spacial score (nSPS) is 15.0. The maximum absolute atomic E-state index is 12.7. The van der Waals surface area contributed by atoms with Crippen LogP contribution in [0.2, 0.25) is 5.02 Å². The Balaban J connectivity index is 1.55. The second kappa shape index (κ2) is 12.5. The minimum atomic E-state index is -1.01. The van der Waals surface area contributed by atoms with Crippen molar-refractivity contribution in [2.45, 2.75) is 13.5 Å². The first kappa shape index (κ1) is 27.7. The smallest absolute Gasteiger partial charge is 0.344 e. The zero-order valence-electron chi connectivity index (χ0n) is 20.6. The van der Waals surface area contributed by atoms with E-state index in [1.165, 1.54) is 12.1 Å². The van der Waals surface area contributed by atoms with E-state index in [4.69, 9.17) is 26.2 Å². The molecule has 3 aromatic carbocycles. The van der Waals surface area contributed by atoms with Crippen molar-refractivity contribution < 1.29 is 34.1 Å². The molecule has 2 N–H and O–H groups in total. The van der Waals surface area contributed by atoms with Gasteiger partial charge in [0, 0.05) is 5.56 Å². The molecule has 3 aromatic rings. The van der Waals surface area contributed by atoms with Gasteiger partial charge in [0.1, 0.15) is 28.7 Å². The number of ether oxygens (including phenoxy) is 2. The highest BCUT2D eigenvalue weighted by Gasteiger charge is 2.34. The number of carboxylic acid groups (broad SMARTS) is 1. The van der Waals surface area contributed by atoms with Crippen LogP contribution in [0.1, 0.15) is 38.8 Å². The summed E-state index contributed by atoms with van der Waals surface area (Å²) in [5, 5.41) is 20.2. The second-order valence-electron chi connectivity index (χ2n) is 8.12. The highest BCUT2D eigenvalue weighted by molar-refractivity contribution is 8.18. The molecular weight excluding hydrogens is 542 g/mol. The lowest BCUT2D eigenvalue weighted by atomic mass is 10.1. The van der Waals surface area contributed by atoms with Crippen molar-refractivity contribution in [2.24, 2.45) is 4.99 Å². The minimum absolute atomic E-state index is 0.0334. The second-order valence-corrected chi connectivity index (χ2v) is 9.56. The van der Waals surface area contributed by atoms with E-state index < -0.39 is 17.8 Å². The number of hydrogen-bond acceptors (Lipinski definition) is 7. The molecule has 0 spiro atoms. The number of rotatable bonds is 8. The van der Waals surface area contributed by atoms with Gasteiger partial charge >= 0.3 is 11.9 Å². The van der Waals surface area contributed by atoms with E-state index in [2.05, 4.69) is 4.99 Å². The number of benzene rings is 3. The lowest BCUT2D eigenvalue weighted by molar-refractivity contribution is -0.138. The van der Waals surface area contributed by atoms with Crippen LogP contribution < -0.4 is 4.74 Å². The number of carboxylic acids is 1. The number of halogens is 1. The number of carbonyl (C=O) groups excluding carboxylic acids is 2. The molecule has 198 valence electrons. The summed E-state index contributed by atoms with van der Waals surface area (Å²) in [6.45, 7) is 1.90. The molecule has 1 aliphatic heterocycles. The predicted molar refractivity (Wildman–Crippen MR) is 149 cm³/mol. The quantitative estimate of drug-likeness (QED) is 0.305. The first-order valence-corrected chi connectivity index (χ1v) is 12.9. The molecule has 1 amide bonds. The van der Waals surface area contributed by atoms with Gasteiger partial charge in [-0.05, 0) is 60.5 Å². The van der Waals surface area contributed by atoms with E-state index >= 15 is 0 Å². The monoisotopic (exact) mass is 563 g/mol. The van der Waals surface area contributed by atoms with Crippen molar-refractivity contribution in [3.05, 3.63) is 116 Å². The molecule has 4 rings (SSSR count). The van der Waals surface area contributed by atoms with E-state index in [9.17, 15) is 19.5 Å². The van der Waals surface area contributed by atoms with Gasteiger partial charge in [-0.25, -0.2) is 14.6 Å². The highest BCUT2D eigenvalue weighted by atomic mass is 35.5. The van der Waals surface area contributed by atoms with Crippen LogP contribution in [-0.4, -0.2) is 39.7 Å². The summed E-state index contributed by atoms with van der Waals surface area (Å²) in [6, 6.07) is 19.7.